The molecule has 0 saturated carbocycles. The highest BCUT2D eigenvalue weighted by molar-refractivity contribution is 6.34. The van der Waals surface area contributed by atoms with E-state index in [1.54, 1.807) is 6.92 Å². The number of hydrogen-bond donors (Lipinski definition) is 2. The van der Waals surface area contributed by atoms with Gasteiger partial charge in [0.15, 0.2) is 0 Å². The molecule has 1 aromatic heterocycles. The molecule has 104 valence electrons. The smallest absolute Gasteiger partial charge is 0.337 e. The van der Waals surface area contributed by atoms with Crippen LogP contribution in [0.4, 0.5) is 5.69 Å². The first-order valence-corrected chi connectivity index (χ1v) is 6.10. The standard InChI is InChI=1S/C13H12ClN3O3/c1-7-9(6-15-17-7)12(18)16-11-5-8(13(19)20-2)3-4-10(11)14/h3-6H,1-2H3,(H,15,17)(H,16,18). The quantitative estimate of drug-likeness (QED) is 0.851. The molecule has 0 aliphatic carbocycles. The molecule has 20 heavy (non-hydrogen) atoms. The Morgan fingerprint density at radius 2 is 2.15 bits per heavy atom. The van der Waals surface area contributed by atoms with Crippen LogP contribution in [0.5, 0.6) is 0 Å². The highest BCUT2D eigenvalue weighted by atomic mass is 35.5. The maximum Gasteiger partial charge on any atom is 0.337 e. The number of aromatic amines is 1. The van der Waals surface area contributed by atoms with E-state index in [4.69, 9.17) is 11.6 Å². The van der Waals surface area contributed by atoms with Gasteiger partial charge in [-0.1, -0.05) is 11.6 Å². The summed E-state index contributed by atoms with van der Waals surface area (Å²) in [5.74, 6) is -0.864. The number of esters is 1. The predicted octanol–water partition coefficient (Wildman–Crippen LogP) is 2.41. The van der Waals surface area contributed by atoms with Crippen LogP contribution in [0, 0.1) is 6.92 Å². The molecule has 0 fully saturated rings. The number of rotatable bonds is 3. The van der Waals surface area contributed by atoms with Crippen molar-refractivity contribution in [3.05, 3.63) is 46.2 Å². The largest absolute Gasteiger partial charge is 0.465 e. The monoisotopic (exact) mass is 293 g/mol. The van der Waals surface area contributed by atoms with Crippen LogP contribution in [0.15, 0.2) is 24.4 Å². The first-order chi connectivity index (χ1) is 9.52. The number of carbonyl (C=O) groups excluding carboxylic acids is 2. The fourth-order valence-electron chi connectivity index (χ4n) is 1.64. The molecule has 7 heteroatoms. The Bertz CT molecular complexity index is 667. The van der Waals surface area contributed by atoms with Crippen molar-refractivity contribution in [1.29, 1.82) is 0 Å². The van der Waals surface area contributed by atoms with Gasteiger partial charge in [0.05, 0.1) is 35.1 Å². The number of H-pyrrole nitrogens is 1. The normalized spacial score (nSPS) is 10.2. The van der Waals surface area contributed by atoms with Crippen LogP contribution in [0.1, 0.15) is 26.4 Å². The number of hydrogen-bond acceptors (Lipinski definition) is 4. The molecule has 0 saturated heterocycles. The second kappa shape index (κ2) is 5.75. The third kappa shape index (κ3) is 2.80. The zero-order valence-electron chi connectivity index (χ0n) is 10.9. The lowest BCUT2D eigenvalue weighted by Gasteiger charge is -2.08. The van der Waals surface area contributed by atoms with E-state index in [0.717, 1.165) is 0 Å². The first-order valence-electron chi connectivity index (χ1n) is 5.72. The molecular weight excluding hydrogens is 282 g/mol. The van der Waals surface area contributed by atoms with E-state index in [0.29, 0.717) is 27.5 Å². The molecule has 0 atom stereocenters. The van der Waals surface area contributed by atoms with E-state index in [-0.39, 0.29) is 5.91 Å². The van der Waals surface area contributed by atoms with Crippen LogP contribution in [0.25, 0.3) is 0 Å². The van der Waals surface area contributed by atoms with Gasteiger partial charge in [-0.05, 0) is 25.1 Å². The molecule has 0 spiro atoms. The van der Waals surface area contributed by atoms with Crippen LogP contribution >= 0.6 is 11.6 Å². The Kier molecular flexibility index (Phi) is 4.05. The maximum absolute atomic E-state index is 12.1. The first kappa shape index (κ1) is 14.1. The molecule has 0 unspecified atom stereocenters. The van der Waals surface area contributed by atoms with Crippen molar-refractivity contribution in [2.24, 2.45) is 0 Å². The lowest BCUT2D eigenvalue weighted by atomic mass is 10.2. The number of nitrogens with zero attached hydrogens (tertiary/aromatic N) is 1. The number of carbonyl (C=O) groups is 2. The number of aryl methyl sites for hydroxylation is 1. The minimum Gasteiger partial charge on any atom is -0.465 e. The summed E-state index contributed by atoms with van der Waals surface area (Å²) in [6.07, 6.45) is 1.42. The number of amides is 1. The molecule has 2 aromatic rings. The van der Waals surface area contributed by atoms with E-state index in [1.165, 1.54) is 31.5 Å². The minimum absolute atomic E-state index is 0.302. The summed E-state index contributed by atoms with van der Waals surface area (Å²) in [6, 6.07) is 4.50. The van der Waals surface area contributed by atoms with Crippen LogP contribution < -0.4 is 5.32 Å². The zero-order valence-corrected chi connectivity index (χ0v) is 11.6. The molecule has 1 amide bonds. The van der Waals surface area contributed by atoms with Crippen LogP contribution in [0.3, 0.4) is 0 Å². The van der Waals surface area contributed by atoms with E-state index >= 15 is 0 Å². The third-order valence-electron chi connectivity index (χ3n) is 2.71. The molecule has 0 aliphatic rings. The van der Waals surface area contributed by atoms with Gasteiger partial charge in [0.2, 0.25) is 0 Å². The molecule has 2 N–H and O–H groups in total. The Morgan fingerprint density at radius 1 is 1.40 bits per heavy atom. The molecule has 6 nitrogen and oxygen atoms in total. The average molecular weight is 294 g/mol. The summed E-state index contributed by atoms with van der Waals surface area (Å²) in [6.45, 7) is 1.73. The molecule has 1 aromatic carbocycles. The van der Waals surface area contributed by atoms with Crippen LogP contribution in [-0.4, -0.2) is 29.2 Å². The van der Waals surface area contributed by atoms with Gasteiger partial charge in [-0.2, -0.15) is 5.10 Å². The highest BCUT2D eigenvalue weighted by Crippen LogP contribution is 2.24. The second-order valence-electron chi connectivity index (χ2n) is 4.05. The van der Waals surface area contributed by atoms with E-state index in [9.17, 15) is 9.59 Å². The molecule has 2 rings (SSSR count). The lowest BCUT2D eigenvalue weighted by molar-refractivity contribution is 0.0600. The van der Waals surface area contributed by atoms with Gasteiger partial charge in [-0.15, -0.1) is 0 Å². The number of nitrogens with one attached hydrogen (secondary N) is 2. The van der Waals surface area contributed by atoms with Gasteiger partial charge in [0, 0.05) is 5.69 Å². The average Bonchev–Trinajstić information content (AvgIpc) is 2.86. The fourth-order valence-corrected chi connectivity index (χ4v) is 1.80. The SMILES string of the molecule is COC(=O)c1ccc(Cl)c(NC(=O)c2cn[nH]c2C)c1. The number of methoxy groups -OCH3 is 1. The highest BCUT2D eigenvalue weighted by Gasteiger charge is 2.14. The number of ether oxygens (including phenoxy) is 1. The van der Waals surface area contributed by atoms with Crippen LogP contribution in [0.2, 0.25) is 5.02 Å². The van der Waals surface area contributed by atoms with Crippen molar-refractivity contribution in [2.45, 2.75) is 6.92 Å². The van der Waals surface area contributed by atoms with Gasteiger partial charge in [-0.3, -0.25) is 9.89 Å². The number of aromatic nitrogens is 2. The summed E-state index contributed by atoms with van der Waals surface area (Å²) in [5.41, 5.74) is 1.68. The fraction of sp³-hybridized carbons (Fsp3) is 0.154. The Labute approximate surface area is 120 Å². The van der Waals surface area contributed by atoms with Gasteiger partial charge >= 0.3 is 5.97 Å². The van der Waals surface area contributed by atoms with Crippen molar-refractivity contribution in [1.82, 2.24) is 10.2 Å². The van der Waals surface area contributed by atoms with Crippen LogP contribution in [-0.2, 0) is 4.74 Å². The minimum atomic E-state index is -0.503. The Balaban J connectivity index is 2.27. The van der Waals surface area contributed by atoms with E-state index in [2.05, 4.69) is 20.3 Å². The van der Waals surface area contributed by atoms with E-state index < -0.39 is 5.97 Å². The predicted molar refractivity (Wildman–Crippen MR) is 74.1 cm³/mol. The Hall–Kier alpha value is -2.34. The summed E-state index contributed by atoms with van der Waals surface area (Å²) < 4.78 is 4.62. The van der Waals surface area contributed by atoms with Gasteiger partial charge in [0.1, 0.15) is 0 Å². The maximum atomic E-state index is 12.1. The van der Waals surface area contributed by atoms with E-state index in [1.807, 2.05) is 0 Å². The summed E-state index contributed by atoms with van der Waals surface area (Å²) >= 11 is 6.00. The third-order valence-corrected chi connectivity index (χ3v) is 3.04. The van der Waals surface area contributed by atoms with Gasteiger partial charge in [-0.25, -0.2) is 4.79 Å². The summed E-state index contributed by atoms with van der Waals surface area (Å²) in [7, 11) is 1.28. The van der Waals surface area contributed by atoms with Crippen molar-refractivity contribution in [3.8, 4) is 0 Å². The second-order valence-corrected chi connectivity index (χ2v) is 4.46. The topological polar surface area (TPSA) is 84.1 Å². The summed E-state index contributed by atoms with van der Waals surface area (Å²) in [5, 5.41) is 9.40. The summed E-state index contributed by atoms with van der Waals surface area (Å²) in [4.78, 5) is 23.5. The number of benzene rings is 1. The lowest BCUT2D eigenvalue weighted by Crippen LogP contribution is -2.13. The molecular formula is C13H12ClN3O3. The van der Waals surface area contributed by atoms with Crippen molar-refractivity contribution < 1.29 is 14.3 Å². The molecule has 0 aliphatic heterocycles. The molecule has 0 bridgehead atoms. The molecule has 1 heterocycles. The Morgan fingerprint density at radius 3 is 2.75 bits per heavy atom. The van der Waals surface area contributed by atoms with Gasteiger partial charge < -0.3 is 10.1 Å². The number of halogens is 1. The zero-order chi connectivity index (χ0) is 14.7. The van der Waals surface area contributed by atoms with Crippen molar-refractivity contribution >= 4 is 29.2 Å². The molecule has 0 radical (unpaired) electrons. The van der Waals surface area contributed by atoms with Crippen molar-refractivity contribution in [3.63, 3.8) is 0 Å². The van der Waals surface area contributed by atoms with Gasteiger partial charge in [0.25, 0.3) is 5.91 Å². The van der Waals surface area contributed by atoms with Crippen molar-refractivity contribution in [2.75, 3.05) is 12.4 Å². The number of anilines is 1.